The van der Waals surface area contributed by atoms with Gasteiger partial charge < -0.3 is 19.7 Å². The molecule has 1 unspecified atom stereocenters. The highest BCUT2D eigenvalue weighted by Crippen LogP contribution is 2.46. The van der Waals surface area contributed by atoms with E-state index >= 15 is 0 Å². The van der Waals surface area contributed by atoms with Crippen LogP contribution in [0.15, 0.2) is 48.5 Å². The zero-order valence-corrected chi connectivity index (χ0v) is 23.8. The molecule has 3 amide bonds. The fourth-order valence-electron chi connectivity index (χ4n) is 4.96. The number of carbonyl (C=O) groups is 2. The number of aryl methyl sites for hydroxylation is 1. The number of likely N-dealkylation sites (tertiary alicyclic amines) is 1. The van der Waals surface area contributed by atoms with E-state index in [-0.39, 0.29) is 11.9 Å². The zero-order chi connectivity index (χ0) is 27.5. The van der Waals surface area contributed by atoms with Gasteiger partial charge in [-0.3, -0.25) is 4.79 Å². The topological polar surface area (TPSA) is 71.1 Å². The quantitative estimate of drug-likeness (QED) is 0.233. The highest BCUT2D eigenvalue weighted by atomic mass is 16.5. The Bertz CT molecular complexity index is 1020. The number of carbonyl (C=O) groups excluding carboxylic acids is 2. The van der Waals surface area contributed by atoms with Crippen molar-refractivity contribution in [2.75, 3.05) is 26.3 Å². The SMILES string of the molecule is CCCN(Cc1ccc(C)cc1)C(=O)N1C(=O)C(CC)(CC)C1Oc1ccc(CNCCCOCC)cc1. The second-order valence-electron chi connectivity index (χ2n) is 10.1. The normalized spacial score (nSPS) is 16.3. The van der Waals surface area contributed by atoms with E-state index in [1.54, 1.807) is 4.90 Å². The average Bonchev–Trinajstić information content (AvgIpc) is 2.93. The molecule has 1 fully saturated rings. The van der Waals surface area contributed by atoms with Crippen LogP contribution in [0.25, 0.3) is 0 Å². The first kappa shape index (κ1) is 29.7. The Balaban J connectivity index is 1.70. The standard InChI is InChI=1S/C31H45N3O4/c1-6-20-33(23-26-13-11-24(5)12-14-26)30(36)34-28(35)31(7-2,8-3)29(34)38-27-17-15-25(16-18-27)22-32-19-10-21-37-9-4/h11-18,29,32H,6-10,19-23H2,1-5H3. The Morgan fingerprint density at radius 3 is 2.26 bits per heavy atom. The summed E-state index contributed by atoms with van der Waals surface area (Å²) in [5.41, 5.74) is 2.67. The van der Waals surface area contributed by atoms with Crippen LogP contribution in [0, 0.1) is 12.3 Å². The fourth-order valence-corrected chi connectivity index (χ4v) is 4.96. The maximum atomic E-state index is 13.7. The number of β-lactam (4-membered cyclic amide) rings is 1. The van der Waals surface area contributed by atoms with E-state index in [0.29, 0.717) is 31.7 Å². The second-order valence-corrected chi connectivity index (χ2v) is 10.1. The third-order valence-corrected chi connectivity index (χ3v) is 7.42. The lowest BCUT2D eigenvalue weighted by atomic mass is 9.72. The summed E-state index contributed by atoms with van der Waals surface area (Å²) in [6, 6.07) is 15.8. The van der Waals surface area contributed by atoms with Gasteiger partial charge in [-0.05, 0) is 69.3 Å². The predicted octanol–water partition coefficient (Wildman–Crippen LogP) is 5.90. The molecule has 1 atom stereocenters. The molecule has 7 nitrogen and oxygen atoms in total. The highest BCUT2D eigenvalue weighted by Gasteiger charge is 2.63. The molecule has 208 valence electrons. The van der Waals surface area contributed by atoms with E-state index < -0.39 is 11.6 Å². The largest absolute Gasteiger partial charge is 0.469 e. The Morgan fingerprint density at radius 2 is 1.66 bits per heavy atom. The van der Waals surface area contributed by atoms with Crippen LogP contribution >= 0.6 is 0 Å². The lowest BCUT2D eigenvalue weighted by Crippen LogP contribution is -2.73. The van der Waals surface area contributed by atoms with Crippen molar-refractivity contribution in [2.45, 2.75) is 79.6 Å². The van der Waals surface area contributed by atoms with Gasteiger partial charge in [-0.2, -0.15) is 0 Å². The maximum absolute atomic E-state index is 13.7. The zero-order valence-electron chi connectivity index (χ0n) is 23.8. The van der Waals surface area contributed by atoms with Crippen molar-refractivity contribution in [2.24, 2.45) is 5.41 Å². The van der Waals surface area contributed by atoms with Gasteiger partial charge in [-0.15, -0.1) is 0 Å². The molecule has 1 saturated heterocycles. The summed E-state index contributed by atoms with van der Waals surface area (Å²) in [4.78, 5) is 30.3. The summed E-state index contributed by atoms with van der Waals surface area (Å²) in [6.07, 6.45) is 2.39. The molecule has 1 heterocycles. The molecule has 0 bridgehead atoms. The number of rotatable bonds is 15. The van der Waals surface area contributed by atoms with E-state index in [1.807, 2.05) is 83.1 Å². The molecule has 0 radical (unpaired) electrons. The lowest BCUT2D eigenvalue weighted by Gasteiger charge is -2.54. The Hall–Kier alpha value is -2.90. The molecule has 1 N–H and O–H groups in total. The van der Waals surface area contributed by atoms with E-state index in [4.69, 9.17) is 9.47 Å². The molecule has 1 aliphatic rings. The third-order valence-electron chi connectivity index (χ3n) is 7.42. The van der Waals surface area contributed by atoms with Gasteiger partial charge >= 0.3 is 6.03 Å². The number of amides is 3. The van der Waals surface area contributed by atoms with Crippen LogP contribution in [-0.4, -0.2) is 54.3 Å². The van der Waals surface area contributed by atoms with Crippen LogP contribution in [0.5, 0.6) is 5.75 Å². The van der Waals surface area contributed by atoms with Gasteiger partial charge in [0.2, 0.25) is 5.91 Å². The first-order chi connectivity index (χ1) is 18.4. The Morgan fingerprint density at radius 1 is 1.00 bits per heavy atom. The molecular formula is C31H45N3O4. The van der Waals surface area contributed by atoms with E-state index in [9.17, 15) is 9.59 Å². The molecule has 3 rings (SSSR count). The molecule has 7 heteroatoms. The first-order valence-corrected chi connectivity index (χ1v) is 14.1. The second kappa shape index (κ2) is 14.3. The number of ether oxygens (including phenoxy) is 2. The van der Waals surface area contributed by atoms with Crippen LogP contribution < -0.4 is 10.1 Å². The highest BCUT2D eigenvalue weighted by molar-refractivity contribution is 6.03. The van der Waals surface area contributed by atoms with Crippen molar-refractivity contribution in [3.63, 3.8) is 0 Å². The third kappa shape index (κ3) is 6.94. The van der Waals surface area contributed by atoms with Crippen molar-refractivity contribution >= 4 is 11.9 Å². The summed E-state index contributed by atoms with van der Waals surface area (Å²) in [5.74, 6) is 0.516. The Labute approximate surface area is 228 Å². The van der Waals surface area contributed by atoms with Crippen LogP contribution in [-0.2, 0) is 22.6 Å². The van der Waals surface area contributed by atoms with Crippen LogP contribution in [0.1, 0.15) is 70.1 Å². The number of hydrogen-bond acceptors (Lipinski definition) is 5. The predicted molar refractivity (Wildman–Crippen MR) is 151 cm³/mol. The van der Waals surface area contributed by atoms with Crippen LogP contribution in [0.3, 0.4) is 0 Å². The molecule has 1 aliphatic heterocycles. The molecule has 2 aromatic carbocycles. The van der Waals surface area contributed by atoms with Gasteiger partial charge in [-0.25, -0.2) is 9.69 Å². The monoisotopic (exact) mass is 523 g/mol. The molecule has 0 aliphatic carbocycles. The fraction of sp³-hybridized carbons (Fsp3) is 0.548. The minimum atomic E-state index is -0.696. The van der Waals surface area contributed by atoms with Crippen molar-refractivity contribution in [3.8, 4) is 5.75 Å². The van der Waals surface area contributed by atoms with E-state index in [0.717, 1.165) is 50.3 Å². The summed E-state index contributed by atoms with van der Waals surface area (Å²) in [7, 11) is 0. The molecule has 0 saturated carbocycles. The number of urea groups is 1. The number of nitrogens with one attached hydrogen (secondary N) is 1. The van der Waals surface area contributed by atoms with E-state index in [2.05, 4.69) is 5.32 Å². The summed E-state index contributed by atoms with van der Waals surface area (Å²) < 4.78 is 11.8. The first-order valence-electron chi connectivity index (χ1n) is 14.1. The molecule has 0 spiro atoms. The molecule has 2 aromatic rings. The van der Waals surface area contributed by atoms with Crippen molar-refractivity contribution in [3.05, 3.63) is 65.2 Å². The number of benzene rings is 2. The van der Waals surface area contributed by atoms with Gasteiger partial charge in [0.05, 0.1) is 0 Å². The summed E-state index contributed by atoms with van der Waals surface area (Å²) >= 11 is 0. The average molecular weight is 524 g/mol. The molecule has 0 aromatic heterocycles. The van der Waals surface area contributed by atoms with Gasteiger partial charge in [0.25, 0.3) is 0 Å². The number of hydrogen-bond donors (Lipinski definition) is 1. The lowest BCUT2D eigenvalue weighted by molar-refractivity contribution is -0.192. The summed E-state index contributed by atoms with van der Waals surface area (Å²) in [5, 5.41) is 3.43. The van der Waals surface area contributed by atoms with E-state index in [1.165, 1.54) is 10.5 Å². The van der Waals surface area contributed by atoms with Crippen molar-refractivity contribution < 1.29 is 19.1 Å². The number of nitrogens with zero attached hydrogens (tertiary/aromatic N) is 2. The van der Waals surface area contributed by atoms with Crippen molar-refractivity contribution in [1.29, 1.82) is 0 Å². The maximum Gasteiger partial charge on any atom is 0.330 e. The molecular weight excluding hydrogens is 478 g/mol. The summed E-state index contributed by atoms with van der Waals surface area (Å²) in [6.45, 7) is 14.3. The van der Waals surface area contributed by atoms with Gasteiger partial charge in [0, 0.05) is 32.8 Å². The molecule has 38 heavy (non-hydrogen) atoms. The van der Waals surface area contributed by atoms with Crippen LogP contribution in [0.2, 0.25) is 0 Å². The van der Waals surface area contributed by atoms with Gasteiger partial charge in [0.1, 0.15) is 11.2 Å². The smallest absolute Gasteiger partial charge is 0.330 e. The minimum Gasteiger partial charge on any atom is -0.469 e. The van der Waals surface area contributed by atoms with Gasteiger partial charge in [-0.1, -0.05) is 62.7 Å². The Kier molecular flexibility index (Phi) is 11.2. The number of imide groups is 1. The van der Waals surface area contributed by atoms with Crippen molar-refractivity contribution in [1.82, 2.24) is 15.1 Å². The van der Waals surface area contributed by atoms with Gasteiger partial charge in [0.15, 0.2) is 6.23 Å². The minimum absolute atomic E-state index is 0.143. The van der Waals surface area contributed by atoms with Crippen LogP contribution in [0.4, 0.5) is 4.79 Å².